The van der Waals surface area contributed by atoms with E-state index in [-0.39, 0.29) is 0 Å². The Labute approximate surface area is 71.0 Å². The summed E-state index contributed by atoms with van der Waals surface area (Å²) < 4.78 is 0. The molecule has 1 aromatic rings. The van der Waals surface area contributed by atoms with E-state index >= 15 is 0 Å². The molecule has 3 heteroatoms. The number of thiazole rings is 1. The Morgan fingerprint density at radius 1 is 1.91 bits per heavy atom. The van der Waals surface area contributed by atoms with E-state index in [2.05, 4.69) is 23.8 Å². The molecule has 11 heavy (non-hydrogen) atoms. The van der Waals surface area contributed by atoms with Gasteiger partial charge in [0, 0.05) is 18.1 Å². The topological polar surface area (TPSA) is 24.9 Å². The largest absolute Gasteiger partial charge is 0.305 e. The fourth-order valence-corrected chi connectivity index (χ4v) is 1.47. The Hall–Kier alpha value is -0.670. The molecule has 2 nitrogen and oxygen atoms in total. The molecule has 1 atom stereocenters. The van der Waals surface area contributed by atoms with Crippen molar-refractivity contribution in [2.24, 2.45) is 0 Å². The molecule has 0 saturated heterocycles. The van der Waals surface area contributed by atoms with Gasteiger partial charge < -0.3 is 5.32 Å². The quantitative estimate of drug-likeness (QED) is 0.695. The lowest BCUT2D eigenvalue weighted by Gasteiger charge is -2.07. The second kappa shape index (κ2) is 4.26. The second-order valence-electron chi connectivity index (χ2n) is 2.29. The van der Waals surface area contributed by atoms with Crippen molar-refractivity contribution in [2.45, 2.75) is 13.0 Å². The van der Waals surface area contributed by atoms with Gasteiger partial charge in [0.05, 0.1) is 6.04 Å². The van der Waals surface area contributed by atoms with Gasteiger partial charge in [0.25, 0.3) is 0 Å². The Bertz CT molecular complexity index is 206. The predicted molar refractivity (Wildman–Crippen MR) is 48.7 cm³/mol. The standard InChI is InChI=1S/C8H12N2S/c1-3-4-9-7(2)8-10-5-6-11-8/h3,5-7,9H,1,4H2,2H3. The van der Waals surface area contributed by atoms with Crippen LogP contribution in [-0.2, 0) is 0 Å². The number of aromatic nitrogens is 1. The maximum absolute atomic E-state index is 4.19. The predicted octanol–water partition coefficient (Wildman–Crippen LogP) is 1.98. The molecule has 1 unspecified atom stereocenters. The molecule has 0 spiro atoms. The third kappa shape index (κ3) is 2.44. The van der Waals surface area contributed by atoms with E-state index in [0.29, 0.717) is 6.04 Å². The first-order valence-corrected chi connectivity index (χ1v) is 4.46. The zero-order valence-corrected chi connectivity index (χ0v) is 7.40. The van der Waals surface area contributed by atoms with Crippen molar-refractivity contribution in [3.05, 3.63) is 29.2 Å². The highest BCUT2D eigenvalue weighted by Crippen LogP contribution is 2.13. The molecule has 60 valence electrons. The molecule has 0 aliphatic rings. The van der Waals surface area contributed by atoms with Crippen LogP contribution in [0.1, 0.15) is 18.0 Å². The third-order valence-corrected chi connectivity index (χ3v) is 2.35. The summed E-state index contributed by atoms with van der Waals surface area (Å²) >= 11 is 1.67. The summed E-state index contributed by atoms with van der Waals surface area (Å²) in [5, 5.41) is 6.38. The lowest BCUT2D eigenvalue weighted by molar-refractivity contribution is 0.614. The molecule has 0 aliphatic heterocycles. The monoisotopic (exact) mass is 168 g/mol. The van der Waals surface area contributed by atoms with Crippen molar-refractivity contribution in [3.63, 3.8) is 0 Å². The maximum atomic E-state index is 4.19. The van der Waals surface area contributed by atoms with E-state index in [4.69, 9.17) is 0 Å². The van der Waals surface area contributed by atoms with Gasteiger partial charge in [-0.1, -0.05) is 6.08 Å². The van der Waals surface area contributed by atoms with Gasteiger partial charge in [-0.05, 0) is 6.92 Å². The van der Waals surface area contributed by atoms with Crippen LogP contribution in [0.25, 0.3) is 0 Å². The lowest BCUT2D eigenvalue weighted by Crippen LogP contribution is -2.17. The van der Waals surface area contributed by atoms with E-state index in [1.165, 1.54) is 0 Å². The van der Waals surface area contributed by atoms with Crippen LogP contribution in [0.5, 0.6) is 0 Å². The SMILES string of the molecule is C=CCNC(C)c1nccs1. The smallest absolute Gasteiger partial charge is 0.109 e. The van der Waals surface area contributed by atoms with Crippen molar-refractivity contribution in [1.82, 2.24) is 10.3 Å². The zero-order chi connectivity index (χ0) is 8.10. The van der Waals surface area contributed by atoms with E-state index < -0.39 is 0 Å². The molecule has 0 aromatic carbocycles. The van der Waals surface area contributed by atoms with Crippen LogP contribution in [0.2, 0.25) is 0 Å². The second-order valence-corrected chi connectivity index (χ2v) is 3.22. The van der Waals surface area contributed by atoms with Crippen LogP contribution in [0.15, 0.2) is 24.2 Å². The van der Waals surface area contributed by atoms with Gasteiger partial charge in [-0.15, -0.1) is 17.9 Å². The first-order chi connectivity index (χ1) is 5.34. The molecule has 0 aliphatic carbocycles. The summed E-state index contributed by atoms with van der Waals surface area (Å²) in [5.41, 5.74) is 0. The van der Waals surface area contributed by atoms with Crippen molar-refractivity contribution in [2.75, 3.05) is 6.54 Å². The average Bonchev–Trinajstić information content (AvgIpc) is 2.52. The number of rotatable bonds is 4. The molecule has 1 N–H and O–H groups in total. The van der Waals surface area contributed by atoms with Gasteiger partial charge in [-0.2, -0.15) is 0 Å². The van der Waals surface area contributed by atoms with Crippen LogP contribution in [-0.4, -0.2) is 11.5 Å². The first kappa shape index (κ1) is 8.43. The van der Waals surface area contributed by atoms with Crippen LogP contribution in [0.3, 0.4) is 0 Å². The minimum Gasteiger partial charge on any atom is -0.305 e. The van der Waals surface area contributed by atoms with Gasteiger partial charge >= 0.3 is 0 Å². The molecule has 0 bridgehead atoms. The van der Waals surface area contributed by atoms with Gasteiger partial charge in [0.1, 0.15) is 5.01 Å². The molecule has 0 saturated carbocycles. The molecule has 0 amide bonds. The summed E-state index contributed by atoms with van der Waals surface area (Å²) in [6, 6.07) is 0.341. The summed E-state index contributed by atoms with van der Waals surface area (Å²) in [5.74, 6) is 0. The van der Waals surface area contributed by atoms with E-state index in [9.17, 15) is 0 Å². The molecule has 0 radical (unpaired) electrons. The van der Waals surface area contributed by atoms with Gasteiger partial charge in [-0.3, -0.25) is 0 Å². The van der Waals surface area contributed by atoms with E-state index in [0.717, 1.165) is 11.6 Å². The van der Waals surface area contributed by atoms with E-state index in [1.54, 1.807) is 11.3 Å². The fourth-order valence-electron chi connectivity index (χ4n) is 0.796. The summed E-state index contributed by atoms with van der Waals surface area (Å²) in [4.78, 5) is 4.19. The molecular formula is C8H12N2S. The van der Waals surface area contributed by atoms with Crippen LogP contribution >= 0.6 is 11.3 Å². The summed E-state index contributed by atoms with van der Waals surface area (Å²) in [6.07, 6.45) is 3.68. The molecule has 1 aromatic heterocycles. The number of hydrogen-bond donors (Lipinski definition) is 1. The van der Waals surface area contributed by atoms with Gasteiger partial charge in [0.2, 0.25) is 0 Å². The first-order valence-electron chi connectivity index (χ1n) is 3.58. The van der Waals surface area contributed by atoms with Crippen molar-refractivity contribution in [3.8, 4) is 0 Å². The molecule has 0 fully saturated rings. The highest BCUT2D eigenvalue weighted by Gasteiger charge is 2.04. The minimum atomic E-state index is 0.341. The summed E-state index contributed by atoms with van der Waals surface area (Å²) in [7, 11) is 0. The van der Waals surface area contributed by atoms with Crippen LogP contribution < -0.4 is 5.32 Å². The normalized spacial score (nSPS) is 12.8. The highest BCUT2D eigenvalue weighted by molar-refractivity contribution is 7.09. The summed E-state index contributed by atoms with van der Waals surface area (Å²) in [6.45, 7) is 6.57. The Morgan fingerprint density at radius 3 is 3.27 bits per heavy atom. The fraction of sp³-hybridized carbons (Fsp3) is 0.375. The van der Waals surface area contributed by atoms with Gasteiger partial charge in [-0.25, -0.2) is 4.98 Å². The van der Waals surface area contributed by atoms with Crippen molar-refractivity contribution < 1.29 is 0 Å². The molecule has 1 rings (SSSR count). The molecule has 1 heterocycles. The number of nitrogens with zero attached hydrogens (tertiary/aromatic N) is 1. The number of nitrogens with one attached hydrogen (secondary N) is 1. The Kier molecular flexibility index (Phi) is 3.26. The third-order valence-electron chi connectivity index (χ3n) is 1.39. The minimum absolute atomic E-state index is 0.341. The van der Waals surface area contributed by atoms with Crippen molar-refractivity contribution >= 4 is 11.3 Å². The van der Waals surface area contributed by atoms with Crippen LogP contribution in [0.4, 0.5) is 0 Å². The maximum Gasteiger partial charge on any atom is 0.109 e. The van der Waals surface area contributed by atoms with Crippen LogP contribution in [0, 0.1) is 0 Å². The number of hydrogen-bond acceptors (Lipinski definition) is 3. The zero-order valence-electron chi connectivity index (χ0n) is 6.58. The Morgan fingerprint density at radius 2 is 2.73 bits per heavy atom. The molecular weight excluding hydrogens is 156 g/mol. The lowest BCUT2D eigenvalue weighted by atomic mass is 10.3. The highest BCUT2D eigenvalue weighted by atomic mass is 32.1. The Balaban J connectivity index is 2.42. The van der Waals surface area contributed by atoms with Gasteiger partial charge in [0.15, 0.2) is 0 Å². The average molecular weight is 168 g/mol. The van der Waals surface area contributed by atoms with E-state index in [1.807, 2.05) is 17.7 Å². The van der Waals surface area contributed by atoms with Crippen molar-refractivity contribution in [1.29, 1.82) is 0 Å².